The fourth-order valence-corrected chi connectivity index (χ4v) is 3.59. The number of ether oxygens (including phenoxy) is 1. The normalized spacial score (nSPS) is 13.5. The van der Waals surface area contributed by atoms with E-state index in [4.69, 9.17) is 4.74 Å². The third-order valence-corrected chi connectivity index (χ3v) is 5.29. The van der Waals surface area contributed by atoms with Gasteiger partial charge in [-0.2, -0.15) is 0 Å². The molecule has 1 aliphatic heterocycles. The van der Waals surface area contributed by atoms with E-state index in [2.05, 4.69) is 15.1 Å². The van der Waals surface area contributed by atoms with Gasteiger partial charge in [0.25, 0.3) is 12.4 Å². The summed E-state index contributed by atoms with van der Waals surface area (Å²) in [5.74, 6) is 0.502. The van der Waals surface area contributed by atoms with E-state index in [1.807, 2.05) is 36.4 Å². The summed E-state index contributed by atoms with van der Waals surface area (Å²) in [7, 11) is 0. The molecule has 3 aromatic rings. The number of piperazine rings is 1. The van der Waals surface area contributed by atoms with E-state index in [0.717, 1.165) is 37.6 Å². The van der Waals surface area contributed by atoms with Gasteiger partial charge in [-0.1, -0.05) is 0 Å². The summed E-state index contributed by atoms with van der Waals surface area (Å²) in [6.07, 6.45) is 0. The van der Waals surface area contributed by atoms with Gasteiger partial charge in [0.15, 0.2) is 0 Å². The maximum Gasteiger partial charge on any atom is 0.298 e. The zero-order chi connectivity index (χ0) is 21.6. The summed E-state index contributed by atoms with van der Waals surface area (Å²) >= 11 is 0. The van der Waals surface area contributed by atoms with E-state index >= 15 is 0 Å². The maximum atomic E-state index is 12.4. The highest BCUT2D eigenvalue weighted by atomic mass is 16.5. The van der Waals surface area contributed by atoms with Crippen LogP contribution < -0.4 is 19.9 Å². The molecular weight excluding hydrogens is 394 g/mol. The summed E-state index contributed by atoms with van der Waals surface area (Å²) in [6, 6.07) is 21.4. The van der Waals surface area contributed by atoms with Crippen molar-refractivity contribution in [2.45, 2.75) is 0 Å². The van der Waals surface area contributed by atoms with Crippen LogP contribution in [0.4, 0.5) is 17.1 Å². The monoisotopic (exact) mass is 417 g/mol. The highest BCUT2D eigenvalue weighted by Gasteiger charge is 2.18. The molecule has 0 saturated carbocycles. The van der Waals surface area contributed by atoms with Gasteiger partial charge in [0, 0.05) is 48.8 Å². The highest BCUT2D eigenvalue weighted by Crippen LogP contribution is 2.23. The fraction of sp³-hybridized carbons (Fsp3) is 0.167. The summed E-state index contributed by atoms with van der Waals surface area (Å²) in [4.78, 5) is 27.4. The molecule has 1 heterocycles. The van der Waals surface area contributed by atoms with Crippen LogP contribution in [0.1, 0.15) is 10.4 Å². The molecule has 1 saturated heterocycles. The Balaban J connectivity index is 1.33. The predicted molar refractivity (Wildman–Crippen MR) is 120 cm³/mol. The predicted octanol–water partition coefficient (Wildman–Crippen LogP) is 3.51. The molecular formula is C24H23N3O4. The average Bonchev–Trinajstić information content (AvgIpc) is 2.81. The van der Waals surface area contributed by atoms with Crippen molar-refractivity contribution < 1.29 is 19.4 Å². The summed E-state index contributed by atoms with van der Waals surface area (Å²) in [5, 5.41) is 12.2. The molecule has 1 fully saturated rings. The van der Waals surface area contributed by atoms with Gasteiger partial charge in [-0.3, -0.25) is 9.59 Å². The third kappa shape index (κ3) is 4.95. The molecule has 0 aliphatic carbocycles. The Bertz CT molecular complexity index is 1030. The SMILES string of the molecule is O=COc1ccc(N2CCN(c3ccc(C(=O)Nc4ccc(O)cc4)cc3)CC2)cc1. The molecule has 7 nitrogen and oxygen atoms in total. The van der Waals surface area contributed by atoms with Crippen LogP contribution >= 0.6 is 0 Å². The van der Waals surface area contributed by atoms with Crippen LogP contribution in [0.2, 0.25) is 0 Å². The minimum Gasteiger partial charge on any atom is -0.508 e. The van der Waals surface area contributed by atoms with Crippen LogP contribution in [0.3, 0.4) is 0 Å². The van der Waals surface area contributed by atoms with Gasteiger partial charge < -0.3 is 25.0 Å². The van der Waals surface area contributed by atoms with Crippen LogP contribution in [-0.4, -0.2) is 43.7 Å². The molecule has 3 aromatic carbocycles. The van der Waals surface area contributed by atoms with E-state index in [9.17, 15) is 14.7 Å². The molecule has 0 bridgehead atoms. The molecule has 0 unspecified atom stereocenters. The fourth-order valence-electron chi connectivity index (χ4n) is 3.59. The lowest BCUT2D eigenvalue weighted by molar-refractivity contribution is -0.120. The number of hydrogen-bond acceptors (Lipinski definition) is 6. The first-order chi connectivity index (χ1) is 15.1. The minimum atomic E-state index is -0.191. The Labute approximate surface area is 180 Å². The summed E-state index contributed by atoms with van der Waals surface area (Å²) in [5.41, 5.74) is 3.39. The van der Waals surface area contributed by atoms with Crippen LogP contribution in [0, 0.1) is 0 Å². The number of phenolic OH excluding ortho intramolecular Hbond substituents is 1. The Morgan fingerprint density at radius 1 is 0.806 bits per heavy atom. The Morgan fingerprint density at radius 3 is 1.84 bits per heavy atom. The quantitative estimate of drug-likeness (QED) is 0.472. The number of aromatic hydroxyl groups is 1. The van der Waals surface area contributed by atoms with E-state index in [-0.39, 0.29) is 11.7 Å². The van der Waals surface area contributed by atoms with Gasteiger partial charge in [-0.15, -0.1) is 0 Å². The van der Waals surface area contributed by atoms with Gasteiger partial charge in [-0.25, -0.2) is 0 Å². The molecule has 1 aliphatic rings. The van der Waals surface area contributed by atoms with Crippen LogP contribution in [-0.2, 0) is 4.79 Å². The second-order valence-corrected chi connectivity index (χ2v) is 7.23. The molecule has 2 N–H and O–H groups in total. The standard InChI is InChI=1S/C24H23N3O4/c28-17-31-23-11-7-21(8-12-23)27-15-13-26(14-16-27)20-5-1-18(2-6-20)24(30)25-19-3-9-22(29)10-4-19/h1-12,17,29H,13-16H2,(H,25,30). The Hall–Kier alpha value is -4.00. The van der Waals surface area contributed by atoms with Crippen LogP contribution in [0.25, 0.3) is 0 Å². The number of phenols is 1. The molecule has 158 valence electrons. The number of nitrogens with one attached hydrogen (secondary N) is 1. The molecule has 0 atom stereocenters. The van der Waals surface area contributed by atoms with Crippen molar-refractivity contribution in [3.05, 3.63) is 78.4 Å². The van der Waals surface area contributed by atoms with Gasteiger partial charge >= 0.3 is 0 Å². The van der Waals surface area contributed by atoms with Crippen LogP contribution in [0.15, 0.2) is 72.8 Å². The number of amides is 1. The number of carbonyl (C=O) groups is 2. The zero-order valence-corrected chi connectivity index (χ0v) is 16.9. The van der Waals surface area contributed by atoms with Crippen molar-refractivity contribution in [2.75, 3.05) is 41.3 Å². The number of carbonyl (C=O) groups excluding carboxylic acids is 2. The second-order valence-electron chi connectivity index (χ2n) is 7.23. The largest absolute Gasteiger partial charge is 0.508 e. The number of benzene rings is 3. The Morgan fingerprint density at radius 2 is 1.32 bits per heavy atom. The van der Waals surface area contributed by atoms with Crippen molar-refractivity contribution in [3.8, 4) is 11.5 Å². The lowest BCUT2D eigenvalue weighted by Gasteiger charge is -2.37. The molecule has 4 rings (SSSR count). The van der Waals surface area contributed by atoms with Crippen molar-refractivity contribution in [1.82, 2.24) is 0 Å². The molecule has 0 spiro atoms. The lowest BCUT2D eigenvalue weighted by Crippen LogP contribution is -2.46. The van der Waals surface area contributed by atoms with Gasteiger partial charge in [0.05, 0.1) is 0 Å². The number of rotatable bonds is 6. The molecule has 7 heteroatoms. The third-order valence-electron chi connectivity index (χ3n) is 5.29. The van der Waals surface area contributed by atoms with Gasteiger partial charge in [0.2, 0.25) is 0 Å². The van der Waals surface area contributed by atoms with Gasteiger partial charge in [-0.05, 0) is 72.8 Å². The topological polar surface area (TPSA) is 82.1 Å². The van der Waals surface area contributed by atoms with E-state index in [0.29, 0.717) is 23.5 Å². The first-order valence-electron chi connectivity index (χ1n) is 10.0. The van der Waals surface area contributed by atoms with Crippen molar-refractivity contribution in [2.24, 2.45) is 0 Å². The van der Waals surface area contributed by atoms with E-state index in [1.54, 1.807) is 24.3 Å². The highest BCUT2D eigenvalue weighted by molar-refractivity contribution is 6.04. The summed E-state index contributed by atoms with van der Waals surface area (Å²) < 4.78 is 4.84. The zero-order valence-electron chi connectivity index (χ0n) is 16.9. The number of nitrogens with zero attached hydrogens (tertiary/aromatic N) is 2. The summed E-state index contributed by atoms with van der Waals surface area (Å²) in [6.45, 7) is 3.90. The van der Waals surface area contributed by atoms with E-state index in [1.165, 1.54) is 12.1 Å². The maximum absolute atomic E-state index is 12.4. The average molecular weight is 417 g/mol. The smallest absolute Gasteiger partial charge is 0.298 e. The van der Waals surface area contributed by atoms with Crippen molar-refractivity contribution >= 4 is 29.4 Å². The first-order valence-corrected chi connectivity index (χ1v) is 10.0. The molecule has 1 amide bonds. The van der Waals surface area contributed by atoms with Gasteiger partial charge in [0.1, 0.15) is 11.5 Å². The molecule has 0 aromatic heterocycles. The Kier molecular flexibility index (Phi) is 6.03. The van der Waals surface area contributed by atoms with Crippen molar-refractivity contribution in [1.29, 1.82) is 0 Å². The number of anilines is 3. The first kappa shape index (κ1) is 20.3. The lowest BCUT2D eigenvalue weighted by atomic mass is 10.1. The van der Waals surface area contributed by atoms with E-state index < -0.39 is 0 Å². The molecule has 31 heavy (non-hydrogen) atoms. The minimum absolute atomic E-state index is 0.159. The molecule has 0 radical (unpaired) electrons. The number of hydrogen-bond donors (Lipinski definition) is 2. The van der Waals surface area contributed by atoms with Crippen molar-refractivity contribution in [3.63, 3.8) is 0 Å². The van der Waals surface area contributed by atoms with Crippen LogP contribution in [0.5, 0.6) is 11.5 Å². The second kappa shape index (κ2) is 9.21.